The molecule has 1 heterocycles. The van der Waals surface area contributed by atoms with Crippen molar-refractivity contribution in [2.75, 3.05) is 20.2 Å². The number of rotatable bonds is 8. The molecular weight excluding hydrogens is 322 g/mol. The molecule has 0 fully saturated rings. The Morgan fingerprint density at radius 3 is 2.64 bits per heavy atom. The Labute approximate surface area is 145 Å². The molecule has 7 nitrogen and oxygen atoms in total. The number of hydrogen-bond donors (Lipinski definition) is 3. The molecule has 0 bridgehead atoms. The normalized spacial score (nSPS) is 10.5. The molecule has 3 N–H and O–H groups in total. The van der Waals surface area contributed by atoms with Crippen molar-refractivity contribution in [3.05, 3.63) is 40.2 Å². The van der Waals surface area contributed by atoms with Crippen LogP contribution in [0.2, 0.25) is 0 Å². The van der Waals surface area contributed by atoms with Gasteiger partial charge in [-0.1, -0.05) is 0 Å². The second kappa shape index (κ2) is 8.86. The van der Waals surface area contributed by atoms with Gasteiger partial charge in [0, 0.05) is 42.9 Å². The maximum Gasteiger partial charge on any atom is 0.251 e. The molecule has 1 aromatic carbocycles. The Bertz CT molecular complexity index is 814. The SMILES string of the molecule is COc1ccc2[nH]c(=O)c(CCC(=O)NCCCNC(C)=O)cc2c1. The predicted molar refractivity (Wildman–Crippen MR) is 95.8 cm³/mol. The number of pyridine rings is 1. The number of nitrogens with one attached hydrogen (secondary N) is 3. The van der Waals surface area contributed by atoms with Gasteiger partial charge in [0.1, 0.15) is 5.75 Å². The van der Waals surface area contributed by atoms with Crippen LogP contribution in [0.25, 0.3) is 10.9 Å². The summed E-state index contributed by atoms with van der Waals surface area (Å²) < 4.78 is 5.19. The predicted octanol–water partition coefficient (Wildman–Crippen LogP) is 1.11. The molecule has 7 heteroatoms. The number of carbonyl (C=O) groups is 2. The van der Waals surface area contributed by atoms with E-state index < -0.39 is 0 Å². The highest BCUT2D eigenvalue weighted by molar-refractivity contribution is 5.81. The van der Waals surface area contributed by atoms with E-state index in [1.807, 2.05) is 6.07 Å². The topological polar surface area (TPSA) is 100 Å². The summed E-state index contributed by atoms with van der Waals surface area (Å²) in [4.78, 5) is 37.5. The van der Waals surface area contributed by atoms with Gasteiger partial charge in [-0.2, -0.15) is 0 Å². The highest BCUT2D eigenvalue weighted by Gasteiger charge is 2.07. The Morgan fingerprint density at radius 2 is 1.92 bits per heavy atom. The minimum absolute atomic E-state index is 0.0847. The second-order valence-corrected chi connectivity index (χ2v) is 5.76. The average Bonchev–Trinajstić information content (AvgIpc) is 2.59. The van der Waals surface area contributed by atoms with Crippen molar-refractivity contribution < 1.29 is 14.3 Å². The summed E-state index contributed by atoms with van der Waals surface area (Å²) in [6.45, 7) is 2.47. The van der Waals surface area contributed by atoms with Crippen LogP contribution in [0.4, 0.5) is 0 Å². The Balaban J connectivity index is 1.89. The number of aromatic nitrogens is 1. The summed E-state index contributed by atoms with van der Waals surface area (Å²) in [6, 6.07) is 7.21. The van der Waals surface area contributed by atoms with Gasteiger partial charge in [0.25, 0.3) is 5.56 Å². The highest BCUT2D eigenvalue weighted by Crippen LogP contribution is 2.19. The lowest BCUT2D eigenvalue weighted by molar-refractivity contribution is -0.121. The van der Waals surface area contributed by atoms with Gasteiger partial charge in [0.05, 0.1) is 7.11 Å². The number of aromatic amines is 1. The van der Waals surface area contributed by atoms with Gasteiger partial charge in [-0.25, -0.2) is 0 Å². The van der Waals surface area contributed by atoms with Gasteiger partial charge in [-0.05, 0) is 37.1 Å². The van der Waals surface area contributed by atoms with E-state index in [0.29, 0.717) is 37.2 Å². The van der Waals surface area contributed by atoms with E-state index in [-0.39, 0.29) is 23.8 Å². The zero-order valence-corrected chi connectivity index (χ0v) is 14.5. The van der Waals surface area contributed by atoms with Gasteiger partial charge >= 0.3 is 0 Å². The molecule has 2 aromatic rings. The third-order valence-electron chi connectivity index (χ3n) is 3.80. The number of fused-ring (bicyclic) bond motifs is 1. The number of H-pyrrole nitrogens is 1. The molecule has 1 aromatic heterocycles. The van der Waals surface area contributed by atoms with Crippen LogP contribution in [0, 0.1) is 0 Å². The molecule has 0 saturated heterocycles. The fraction of sp³-hybridized carbons (Fsp3) is 0.389. The fourth-order valence-corrected chi connectivity index (χ4v) is 2.46. The standard InChI is InChI=1S/C18H23N3O4/c1-12(22)19-8-3-9-20-17(23)7-4-13-10-14-11-15(25-2)5-6-16(14)21-18(13)24/h5-6,10-11H,3-4,7-9H2,1-2H3,(H,19,22)(H,20,23)(H,21,24). The van der Waals surface area contributed by atoms with Crippen LogP contribution >= 0.6 is 0 Å². The van der Waals surface area contributed by atoms with E-state index in [2.05, 4.69) is 15.6 Å². The maximum atomic E-state index is 12.1. The minimum Gasteiger partial charge on any atom is -0.497 e. The maximum absolute atomic E-state index is 12.1. The van der Waals surface area contributed by atoms with Crippen LogP contribution in [0.3, 0.4) is 0 Å². The molecule has 0 aliphatic rings. The lowest BCUT2D eigenvalue weighted by atomic mass is 10.1. The van der Waals surface area contributed by atoms with Crippen LogP contribution in [-0.2, 0) is 16.0 Å². The third kappa shape index (κ3) is 5.63. The largest absolute Gasteiger partial charge is 0.497 e. The van der Waals surface area contributed by atoms with Crippen LogP contribution < -0.4 is 20.9 Å². The molecule has 0 saturated carbocycles. The summed E-state index contributed by atoms with van der Waals surface area (Å²) in [5.41, 5.74) is 1.11. The molecule has 0 atom stereocenters. The third-order valence-corrected chi connectivity index (χ3v) is 3.80. The van der Waals surface area contributed by atoms with Crippen molar-refractivity contribution in [3.8, 4) is 5.75 Å². The van der Waals surface area contributed by atoms with Gasteiger partial charge in [0.2, 0.25) is 11.8 Å². The van der Waals surface area contributed by atoms with Gasteiger partial charge in [-0.15, -0.1) is 0 Å². The monoisotopic (exact) mass is 345 g/mol. The summed E-state index contributed by atoms with van der Waals surface area (Å²) >= 11 is 0. The molecule has 0 unspecified atom stereocenters. The second-order valence-electron chi connectivity index (χ2n) is 5.76. The molecule has 0 spiro atoms. The lowest BCUT2D eigenvalue weighted by Crippen LogP contribution is -2.29. The van der Waals surface area contributed by atoms with E-state index in [1.165, 1.54) is 6.92 Å². The molecule has 2 amide bonds. The molecular formula is C18H23N3O4. The summed E-state index contributed by atoms with van der Waals surface area (Å²) in [5, 5.41) is 6.31. The van der Waals surface area contributed by atoms with Crippen molar-refractivity contribution in [3.63, 3.8) is 0 Å². The van der Waals surface area contributed by atoms with E-state index in [0.717, 1.165) is 10.9 Å². The van der Waals surface area contributed by atoms with E-state index in [9.17, 15) is 14.4 Å². The average molecular weight is 345 g/mol. The van der Waals surface area contributed by atoms with Gasteiger partial charge in [-0.3, -0.25) is 14.4 Å². The molecule has 2 rings (SSSR count). The number of methoxy groups -OCH3 is 1. The van der Waals surface area contributed by atoms with Gasteiger partial charge < -0.3 is 20.4 Å². The van der Waals surface area contributed by atoms with Crippen molar-refractivity contribution in [2.45, 2.75) is 26.2 Å². The van der Waals surface area contributed by atoms with E-state index >= 15 is 0 Å². The van der Waals surface area contributed by atoms with Crippen molar-refractivity contribution in [1.29, 1.82) is 0 Å². The van der Waals surface area contributed by atoms with Crippen LogP contribution in [-0.4, -0.2) is 37.0 Å². The molecule has 0 aliphatic heterocycles. The quantitative estimate of drug-likeness (QED) is 0.624. The van der Waals surface area contributed by atoms with Crippen molar-refractivity contribution >= 4 is 22.7 Å². The smallest absolute Gasteiger partial charge is 0.251 e. The van der Waals surface area contributed by atoms with Crippen molar-refractivity contribution in [1.82, 2.24) is 15.6 Å². The molecule has 134 valence electrons. The number of carbonyl (C=O) groups excluding carboxylic acids is 2. The Kier molecular flexibility index (Phi) is 6.56. The molecule has 0 aliphatic carbocycles. The number of aryl methyl sites for hydroxylation is 1. The van der Waals surface area contributed by atoms with Crippen LogP contribution in [0.5, 0.6) is 5.75 Å². The summed E-state index contributed by atoms with van der Waals surface area (Å²) in [7, 11) is 1.59. The van der Waals surface area contributed by atoms with E-state index in [4.69, 9.17) is 4.74 Å². The Hall–Kier alpha value is -2.83. The molecule has 25 heavy (non-hydrogen) atoms. The van der Waals surface area contributed by atoms with E-state index in [1.54, 1.807) is 25.3 Å². The number of ether oxygens (including phenoxy) is 1. The number of hydrogen-bond acceptors (Lipinski definition) is 4. The van der Waals surface area contributed by atoms with Crippen molar-refractivity contribution in [2.24, 2.45) is 0 Å². The Morgan fingerprint density at radius 1 is 1.16 bits per heavy atom. The summed E-state index contributed by atoms with van der Waals surface area (Å²) in [5.74, 6) is 0.508. The van der Waals surface area contributed by atoms with Crippen LogP contribution in [0.1, 0.15) is 25.3 Å². The van der Waals surface area contributed by atoms with Crippen LogP contribution in [0.15, 0.2) is 29.1 Å². The van der Waals surface area contributed by atoms with Gasteiger partial charge in [0.15, 0.2) is 0 Å². The first-order valence-corrected chi connectivity index (χ1v) is 8.20. The summed E-state index contributed by atoms with van der Waals surface area (Å²) in [6.07, 6.45) is 1.26. The first-order valence-electron chi connectivity index (χ1n) is 8.20. The lowest BCUT2D eigenvalue weighted by Gasteiger charge is -2.07. The number of benzene rings is 1. The fourth-order valence-electron chi connectivity index (χ4n) is 2.46. The minimum atomic E-state index is -0.184. The highest BCUT2D eigenvalue weighted by atomic mass is 16.5. The zero-order valence-electron chi connectivity index (χ0n) is 14.5. The first-order chi connectivity index (χ1) is 12.0. The first kappa shape index (κ1) is 18.5. The number of amides is 2. The zero-order chi connectivity index (χ0) is 18.2. The molecule has 0 radical (unpaired) electrons.